The first-order valence-corrected chi connectivity index (χ1v) is 8.68. The van der Waals surface area contributed by atoms with Crippen LogP contribution in [0.2, 0.25) is 0 Å². The van der Waals surface area contributed by atoms with E-state index < -0.39 is 0 Å². The molecule has 0 aromatic heterocycles. The molecule has 1 amide bonds. The van der Waals surface area contributed by atoms with E-state index in [1.165, 1.54) is 5.56 Å². The molecule has 0 fully saturated rings. The van der Waals surface area contributed by atoms with E-state index in [-0.39, 0.29) is 11.0 Å². The third kappa shape index (κ3) is 4.88. The number of amides is 1. The fourth-order valence-corrected chi connectivity index (χ4v) is 2.78. The molecule has 1 atom stereocenters. The number of hydrogen-bond donors (Lipinski definition) is 2. The predicted molar refractivity (Wildman–Crippen MR) is 103 cm³/mol. The number of hydrogen-bond acceptors (Lipinski definition) is 2. The minimum Gasteiger partial charge on any atom is -0.332 e. The first-order valence-electron chi connectivity index (χ1n) is 7.48. The fourth-order valence-electron chi connectivity index (χ4n) is 2.11. The van der Waals surface area contributed by atoms with Crippen LogP contribution < -0.4 is 10.6 Å². The van der Waals surface area contributed by atoms with Crippen molar-refractivity contribution >= 4 is 44.9 Å². The highest BCUT2D eigenvalue weighted by atomic mass is 79.9. The quantitative estimate of drug-likeness (QED) is 0.714. The first kappa shape index (κ1) is 17.6. The van der Waals surface area contributed by atoms with Crippen molar-refractivity contribution in [1.29, 1.82) is 0 Å². The smallest absolute Gasteiger partial charge is 0.258 e. The van der Waals surface area contributed by atoms with E-state index >= 15 is 0 Å². The summed E-state index contributed by atoms with van der Waals surface area (Å²) in [7, 11) is 0. The van der Waals surface area contributed by atoms with Gasteiger partial charge in [-0.15, -0.1) is 0 Å². The van der Waals surface area contributed by atoms with Gasteiger partial charge in [-0.25, -0.2) is 0 Å². The van der Waals surface area contributed by atoms with Gasteiger partial charge in [0.15, 0.2) is 5.11 Å². The number of rotatable bonds is 4. The molecule has 0 heterocycles. The normalized spacial score (nSPS) is 11.6. The second-order valence-electron chi connectivity index (χ2n) is 5.32. The fraction of sp³-hybridized carbons (Fsp3) is 0.222. The van der Waals surface area contributed by atoms with Gasteiger partial charge in [-0.3, -0.25) is 10.1 Å². The number of carbonyl (C=O) groups is 1. The molecule has 0 spiro atoms. The van der Waals surface area contributed by atoms with E-state index in [9.17, 15) is 4.79 Å². The maximum Gasteiger partial charge on any atom is 0.258 e. The van der Waals surface area contributed by atoms with Crippen molar-refractivity contribution in [2.75, 3.05) is 5.32 Å². The van der Waals surface area contributed by atoms with Gasteiger partial charge in [-0.2, -0.15) is 0 Å². The number of anilines is 1. The lowest BCUT2D eigenvalue weighted by atomic mass is 9.99. The summed E-state index contributed by atoms with van der Waals surface area (Å²) >= 11 is 8.56. The molecule has 3 nitrogen and oxygen atoms in total. The minimum absolute atomic E-state index is 0.244. The highest BCUT2D eigenvalue weighted by Gasteiger charge is 2.11. The SMILES string of the molecule is CC[C@@H](C)c1ccc(NC(=S)NC(=O)c2ccccc2Br)cc1. The largest absolute Gasteiger partial charge is 0.332 e. The summed E-state index contributed by atoms with van der Waals surface area (Å²) in [6.45, 7) is 4.37. The van der Waals surface area contributed by atoms with Crippen LogP contribution in [0, 0.1) is 0 Å². The Balaban J connectivity index is 1.97. The van der Waals surface area contributed by atoms with Gasteiger partial charge in [0.25, 0.3) is 5.91 Å². The highest BCUT2D eigenvalue weighted by Crippen LogP contribution is 2.20. The van der Waals surface area contributed by atoms with Gasteiger partial charge < -0.3 is 5.32 Å². The summed E-state index contributed by atoms with van der Waals surface area (Å²) in [5, 5.41) is 6.00. The van der Waals surface area contributed by atoms with E-state index in [1.54, 1.807) is 6.07 Å². The predicted octanol–water partition coefficient (Wildman–Crippen LogP) is 5.09. The lowest BCUT2D eigenvalue weighted by Crippen LogP contribution is -2.34. The van der Waals surface area contributed by atoms with Crippen LogP contribution in [-0.4, -0.2) is 11.0 Å². The second-order valence-corrected chi connectivity index (χ2v) is 6.58. The van der Waals surface area contributed by atoms with Crippen LogP contribution in [0.25, 0.3) is 0 Å². The molecule has 120 valence electrons. The number of carbonyl (C=O) groups excluding carboxylic acids is 1. The maximum atomic E-state index is 12.2. The summed E-state index contributed by atoms with van der Waals surface area (Å²) < 4.78 is 0.734. The van der Waals surface area contributed by atoms with Crippen LogP contribution in [0.4, 0.5) is 5.69 Å². The van der Waals surface area contributed by atoms with Crippen molar-refractivity contribution in [2.45, 2.75) is 26.2 Å². The molecule has 0 aliphatic carbocycles. The molecule has 0 saturated heterocycles. The summed E-state index contributed by atoms with van der Waals surface area (Å²) in [4.78, 5) is 12.2. The molecule has 0 unspecified atom stereocenters. The van der Waals surface area contributed by atoms with Crippen molar-refractivity contribution in [3.63, 3.8) is 0 Å². The molecule has 0 aliphatic heterocycles. The third-order valence-electron chi connectivity index (χ3n) is 3.70. The Bertz CT molecular complexity index is 700. The molecule has 0 radical (unpaired) electrons. The zero-order valence-electron chi connectivity index (χ0n) is 13.1. The van der Waals surface area contributed by atoms with Crippen LogP contribution in [-0.2, 0) is 0 Å². The molecule has 0 bridgehead atoms. The Morgan fingerprint density at radius 2 is 1.83 bits per heavy atom. The molecule has 2 aromatic carbocycles. The Hall–Kier alpha value is -1.72. The van der Waals surface area contributed by atoms with Gasteiger partial charge in [0.05, 0.1) is 5.56 Å². The van der Waals surface area contributed by atoms with E-state index in [1.807, 2.05) is 30.3 Å². The molecule has 2 aromatic rings. The number of nitrogens with one attached hydrogen (secondary N) is 2. The van der Waals surface area contributed by atoms with E-state index in [4.69, 9.17) is 12.2 Å². The van der Waals surface area contributed by atoms with Gasteiger partial charge in [0.1, 0.15) is 0 Å². The molecule has 2 rings (SSSR count). The molecule has 0 aliphatic rings. The van der Waals surface area contributed by atoms with E-state index in [2.05, 4.69) is 52.5 Å². The van der Waals surface area contributed by atoms with Crippen LogP contribution in [0.15, 0.2) is 53.0 Å². The molecule has 23 heavy (non-hydrogen) atoms. The Morgan fingerprint density at radius 3 is 2.43 bits per heavy atom. The number of benzene rings is 2. The Morgan fingerprint density at radius 1 is 1.17 bits per heavy atom. The minimum atomic E-state index is -0.244. The van der Waals surface area contributed by atoms with Crippen LogP contribution in [0.5, 0.6) is 0 Å². The summed E-state index contributed by atoms with van der Waals surface area (Å²) in [6, 6.07) is 15.3. The maximum absolute atomic E-state index is 12.2. The molecular formula is C18H19BrN2OS. The van der Waals surface area contributed by atoms with Crippen molar-refractivity contribution in [1.82, 2.24) is 5.32 Å². The third-order valence-corrected chi connectivity index (χ3v) is 4.59. The average Bonchev–Trinajstić information content (AvgIpc) is 2.55. The van der Waals surface area contributed by atoms with Crippen molar-refractivity contribution in [3.05, 3.63) is 64.1 Å². The summed E-state index contributed by atoms with van der Waals surface area (Å²) in [5.74, 6) is 0.289. The molecule has 5 heteroatoms. The zero-order chi connectivity index (χ0) is 16.8. The standard InChI is InChI=1S/C18H19BrN2OS/c1-3-12(2)13-8-10-14(11-9-13)20-18(23)21-17(22)15-6-4-5-7-16(15)19/h4-12H,3H2,1-2H3,(H2,20,21,22,23)/t12-/m1/s1. The Labute approximate surface area is 150 Å². The molecule has 0 saturated carbocycles. The topological polar surface area (TPSA) is 41.1 Å². The van der Waals surface area contributed by atoms with Gasteiger partial charge >= 0.3 is 0 Å². The molecular weight excluding hydrogens is 372 g/mol. The van der Waals surface area contributed by atoms with Crippen molar-refractivity contribution < 1.29 is 4.79 Å². The Kier molecular flexibility index (Phi) is 6.30. The van der Waals surface area contributed by atoms with E-state index in [0.29, 0.717) is 11.5 Å². The van der Waals surface area contributed by atoms with E-state index in [0.717, 1.165) is 16.6 Å². The van der Waals surface area contributed by atoms with Crippen molar-refractivity contribution in [3.8, 4) is 0 Å². The summed E-state index contributed by atoms with van der Waals surface area (Å²) in [5.41, 5.74) is 2.69. The number of thiocarbonyl (C=S) groups is 1. The zero-order valence-corrected chi connectivity index (χ0v) is 15.5. The highest BCUT2D eigenvalue weighted by molar-refractivity contribution is 9.10. The second kappa shape index (κ2) is 8.22. The van der Waals surface area contributed by atoms with Crippen LogP contribution in [0.1, 0.15) is 42.1 Å². The summed E-state index contributed by atoms with van der Waals surface area (Å²) in [6.07, 6.45) is 1.10. The van der Waals surface area contributed by atoms with Crippen LogP contribution in [0.3, 0.4) is 0 Å². The van der Waals surface area contributed by atoms with Gasteiger partial charge in [-0.1, -0.05) is 38.1 Å². The molecule has 2 N–H and O–H groups in total. The van der Waals surface area contributed by atoms with Gasteiger partial charge in [-0.05, 0) is 70.3 Å². The number of halogens is 1. The van der Waals surface area contributed by atoms with Gasteiger partial charge in [0.2, 0.25) is 0 Å². The first-order chi connectivity index (χ1) is 11.0. The monoisotopic (exact) mass is 390 g/mol. The lowest BCUT2D eigenvalue weighted by Gasteiger charge is -2.12. The van der Waals surface area contributed by atoms with Gasteiger partial charge in [0, 0.05) is 10.2 Å². The van der Waals surface area contributed by atoms with Crippen molar-refractivity contribution in [2.24, 2.45) is 0 Å². The lowest BCUT2D eigenvalue weighted by molar-refractivity contribution is 0.0977. The van der Waals surface area contributed by atoms with Crippen LogP contribution >= 0.6 is 28.1 Å². The average molecular weight is 391 g/mol.